The zero-order chi connectivity index (χ0) is 13.0. The summed E-state index contributed by atoms with van der Waals surface area (Å²) >= 11 is 11.7. The standard InChI is InChI=1S/C11H16Cl2N4O/c12-2-5-16-3-1-4-17(7-6-16)10-9(13)11(18)15-8-14-10/h8H,1-7H2,(H,14,15,18). The molecule has 0 aromatic carbocycles. The van der Waals surface area contributed by atoms with Crippen molar-refractivity contribution in [2.45, 2.75) is 6.42 Å². The van der Waals surface area contributed by atoms with Gasteiger partial charge in [0.2, 0.25) is 0 Å². The first kappa shape index (κ1) is 13.6. The molecule has 0 amide bonds. The van der Waals surface area contributed by atoms with Crippen LogP contribution in [0.2, 0.25) is 5.02 Å². The molecular formula is C11H16Cl2N4O. The molecule has 0 atom stereocenters. The van der Waals surface area contributed by atoms with Gasteiger partial charge in [0.15, 0.2) is 5.82 Å². The van der Waals surface area contributed by atoms with E-state index in [0.717, 1.165) is 39.1 Å². The van der Waals surface area contributed by atoms with Crippen molar-refractivity contribution in [1.82, 2.24) is 14.9 Å². The number of aromatic nitrogens is 2. The molecule has 18 heavy (non-hydrogen) atoms. The Labute approximate surface area is 116 Å². The molecule has 1 aromatic heterocycles. The molecule has 5 nitrogen and oxygen atoms in total. The molecule has 0 spiro atoms. The Morgan fingerprint density at radius 3 is 2.94 bits per heavy atom. The van der Waals surface area contributed by atoms with Gasteiger partial charge in [0.25, 0.3) is 5.56 Å². The lowest BCUT2D eigenvalue weighted by Gasteiger charge is -2.22. The largest absolute Gasteiger partial charge is 0.354 e. The highest BCUT2D eigenvalue weighted by atomic mass is 35.5. The number of rotatable bonds is 3. The van der Waals surface area contributed by atoms with Crippen molar-refractivity contribution in [2.24, 2.45) is 0 Å². The van der Waals surface area contributed by atoms with Crippen LogP contribution in [-0.2, 0) is 0 Å². The fourth-order valence-corrected chi connectivity index (χ4v) is 2.58. The van der Waals surface area contributed by atoms with Crippen molar-refractivity contribution in [3.8, 4) is 0 Å². The Morgan fingerprint density at radius 2 is 2.17 bits per heavy atom. The first-order valence-electron chi connectivity index (χ1n) is 5.99. The third-order valence-electron chi connectivity index (χ3n) is 3.07. The van der Waals surface area contributed by atoms with Crippen LogP contribution < -0.4 is 10.5 Å². The molecule has 2 rings (SSSR count). The van der Waals surface area contributed by atoms with Gasteiger partial charge in [-0.2, -0.15) is 0 Å². The van der Waals surface area contributed by atoms with Gasteiger partial charge in [-0.3, -0.25) is 4.79 Å². The fraction of sp³-hybridized carbons (Fsp3) is 0.636. The van der Waals surface area contributed by atoms with E-state index in [1.165, 1.54) is 6.33 Å². The van der Waals surface area contributed by atoms with Crippen LogP contribution in [0.4, 0.5) is 5.82 Å². The number of hydrogen-bond acceptors (Lipinski definition) is 4. The Kier molecular flexibility index (Phi) is 4.86. The zero-order valence-corrected chi connectivity index (χ0v) is 11.5. The van der Waals surface area contributed by atoms with Gasteiger partial charge in [-0.15, -0.1) is 11.6 Å². The summed E-state index contributed by atoms with van der Waals surface area (Å²) < 4.78 is 0. The normalized spacial score (nSPS) is 17.8. The molecule has 2 heterocycles. The summed E-state index contributed by atoms with van der Waals surface area (Å²) in [5.41, 5.74) is -0.288. The van der Waals surface area contributed by atoms with E-state index in [2.05, 4.69) is 19.8 Å². The quantitative estimate of drug-likeness (QED) is 0.850. The van der Waals surface area contributed by atoms with Crippen LogP contribution in [0.25, 0.3) is 0 Å². The van der Waals surface area contributed by atoms with Gasteiger partial charge in [0.05, 0.1) is 6.33 Å². The van der Waals surface area contributed by atoms with Gasteiger partial charge in [-0.1, -0.05) is 11.6 Å². The smallest absolute Gasteiger partial charge is 0.271 e. The van der Waals surface area contributed by atoms with E-state index in [0.29, 0.717) is 11.7 Å². The van der Waals surface area contributed by atoms with E-state index < -0.39 is 0 Å². The number of anilines is 1. The van der Waals surface area contributed by atoms with E-state index in [9.17, 15) is 4.79 Å². The topological polar surface area (TPSA) is 52.2 Å². The summed E-state index contributed by atoms with van der Waals surface area (Å²) in [4.78, 5) is 22.5. The minimum absolute atomic E-state index is 0.170. The van der Waals surface area contributed by atoms with E-state index in [1.807, 2.05) is 0 Å². The second-order valence-corrected chi connectivity index (χ2v) is 5.00. The summed E-state index contributed by atoms with van der Waals surface area (Å²) in [6, 6.07) is 0. The maximum Gasteiger partial charge on any atom is 0.271 e. The lowest BCUT2D eigenvalue weighted by atomic mass is 10.4. The molecule has 0 unspecified atom stereocenters. The minimum atomic E-state index is -0.288. The summed E-state index contributed by atoms with van der Waals surface area (Å²) in [5.74, 6) is 1.22. The number of nitrogens with zero attached hydrogens (tertiary/aromatic N) is 3. The van der Waals surface area contributed by atoms with Crippen molar-refractivity contribution in [3.05, 3.63) is 21.7 Å². The predicted octanol–water partition coefficient (Wildman–Crippen LogP) is 1.17. The maximum atomic E-state index is 11.5. The molecule has 1 N–H and O–H groups in total. The minimum Gasteiger partial charge on any atom is -0.354 e. The monoisotopic (exact) mass is 290 g/mol. The van der Waals surface area contributed by atoms with Gasteiger partial charge >= 0.3 is 0 Å². The Morgan fingerprint density at radius 1 is 1.33 bits per heavy atom. The van der Waals surface area contributed by atoms with Crippen LogP contribution in [-0.4, -0.2) is 53.5 Å². The van der Waals surface area contributed by atoms with Crippen LogP contribution in [0.1, 0.15) is 6.42 Å². The van der Waals surface area contributed by atoms with Crippen molar-refractivity contribution in [1.29, 1.82) is 0 Å². The van der Waals surface area contributed by atoms with Crippen molar-refractivity contribution < 1.29 is 0 Å². The van der Waals surface area contributed by atoms with Crippen LogP contribution >= 0.6 is 23.2 Å². The van der Waals surface area contributed by atoms with Crippen LogP contribution in [0, 0.1) is 0 Å². The summed E-state index contributed by atoms with van der Waals surface area (Å²) in [6.07, 6.45) is 2.41. The van der Waals surface area contributed by atoms with Gasteiger partial charge < -0.3 is 14.8 Å². The molecule has 100 valence electrons. The van der Waals surface area contributed by atoms with Crippen LogP contribution in [0.5, 0.6) is 0 Å². The Bertz CT molecular complexity index is 451. The highest BCUT2D eigenvalue weighted by Crippen LogP contribution is 2.19. The Hall–Kier alpha value is -0.780. The molecule has 1 aliphatic heterocycles. The molecule has 0 saturated carbocycles. The van der Waals surface area contributed by atoms with E-state index >= 15 is 0 Å². The first-order valence-corrected chi connectivity index (χ1v) is 6.90. The molecule has 1 aliphatic rings. The maximum absolute atomic E-state index is 11.5. The molecular weight excluding hydrogens is 275 g/mol. The van der Waals surface area contributed by atoms with Gasteiger partial charge in [0.1, 0.15) is 5.02 Å². The van der Waals surface area contributed by atoms with Gasteiger partial charge in [0, 0.05) is 32.1 Å². The van der Waals surface area contributed by atoms with Crippen molar-refractivity contribution in [3.63, 3.8) is 0 Å². The average molecular weight is 291 g/mol. The summed E-state index contributed by atoms with van der Waals surface area (Å²) in [7, 11) is 0. The van der Waals surface area contributed by atoms with Crippen LogP contribution in [0.15, 0.2) is 11.1 Å². The van der Waals surface area contributed by atoms with Crippen molar-refractivity contribution >= 4 is 29.0 Å². The van der Waals surface area contributed by atoms with Gasteiger partial charge in [-0.05, 0) is 13.0 Å². The molecule has 1 fully saturated rings. The van der Waals surface area contributed by atoms with E-state index in [-0.39, 0.29) is 10.6 Å². The average Bonchev–Trinajstić information content (AvgIpc) is 2.59. The second kappa shape index (κ2) is 6.41. The zero-order valence-electron chi connectivity index (χ0n) is 10.0. The molecule has 0 aliphatic carbocycles. The van der Waals surface area contributed by atoms with E-state index in [1.54, 1.807) is 0 Å². The number of nitrogens with one attached hydrogen (secondary N) is 1. The first-order chi connectivity index (χ1) is 8.72. The highest BCUT2D eigenvalue weighted by Gasteiger charge is 2.18. The molecule has 7 heteroatoms. The lowest BCUT2D eigenvalue weighted by Crippen LogP contribution is -2.33. The third kappa shape index (κ3) is 3.16. The van der Waals surface area contributed by atoms with Crippen molar-refractivity contribution in [2.75, 3.05) is 43.5 Å². The Balaban J connectivity index is 2.10. The third-order valence-corrected chi connectivity index (χ3v) is 3.58. The molecule has 0 bridgehead atoms. The molecule has 1 aromatic rings. The van der Waals surface area contributed by atoms with Crippen LogP contribution in [0.3, 0.4) is 0 Å². The number of aromatic amines is 1. The summed E-state index contributed by atoms with van der Waals surface area (Å²) in [6.45, 7) is 4.50. The van der Waals surface area contributed by atoms with Gasteiger partial charge in [-0.25, -0.2) is 4.98 Å². The fourth-order valence-electron chi connectivity index (χ4n) is 2.12. The number of hydrogen-bond donors (Lipinski definition) is 1. The number of halogens is 2. The number of alkyl halides is 1. The number of H-pyrrole nitrogens is 1. The highest BCUT2D eigenvalue weighted by molar-refractivity contribution is 6.32. The molecule has 0 radical (unpaired) electrons. The molecule has 1 saturated heterocycles. The SMILES string of the molecule is O=c1[nH]cnc(N2CCCN(CCCl)CC2)c1Cl. The summed E-state index contributed by atoms with van der Waals surface area (Å²) in [5, 5.41) is 0.170. The second-order valence-electron chi connectivity index (χ2n) is 4.24. The van der Waals surface area contributed by atoms with E-state index in [4.69, 9.17) is 23.2 Å². The lowest BCUT2D eigenvalue weighted by molar-refractivity contribution is 0.311. The predicted molar refractivity (Wildman–Crippen MR) is 73.9 cm³/mol.